The number of anilines is 1. The van der Waals surface area contributed by atoms with Gasteiger partial charge in [0.05, 0.1) is 31.0 Å². The van der Waals surface area contributed by atoms with Crippen molar-refractivity contribution >= 4 is 45.4 Å². The van der Waals surface area contributed by atoms with E-state index in [9.17, 15) is 18.3 Å². The first-order valence-corrected chi connectivity index (χ1v) is 13.7. The number of carboxylic acid groups (broad SMARTS) is 1. The fraction of sp³-hybridized carbons (Fsp3) is 0.304. The summed E-state index contributed by atoms with van der Waals surface area (Å²) < 4.78 is 33.8. The molecule has 4 rings (SSSR count). The molecule has 0 radical (unpaired) electrons. The average Bonchev–Trinajstić information content (AvgIpc) is 3.09. The number of rotatable bonds is 7. The molecule has 14 heteroatoms. The molecule has 0 aliphatic carbocycles. The number of aromatic nitrogens is 3. The van der Waals surface area contributed by atoms with Gasteiger partial charge in [0.1, 0.15) is 0 Å². The molecule has 1 fully saturated rings. The second-order valence-electron chi connectivity index (χ2n) is 8.25. The monoisotopic (exact) mass is 567 g/mol. The van der Waals surface area contributed by atoms with Crippen LogP contribution in [-0.2, 0) is 20.9 Å². The highest BCUT2D eigenvalue weighted by Gasteiger charge is 2.20. The van der Waals surface area contributed by atoms with Crippen molar-refractivity contribution in [3.05, 3.63) is 58.3 Å². The summed E-state index contributed by atoms with van der Waals surface area (Å²) >= 11 is 12.3. The van der Waals surface area contributed by atoms with Gasteiger partial charge in [-0.05, 0) is 36.2 Å². The highest BCUT2D eigenvalue weighted by Crippen LogP contribution is 2.30. The number of ether oxygens (including phenoxy) is 1. The summed E-state index contributed by atoms with van der Waals surface area (Å²) in [6, 6.07) is 8.13. The lowest BCUT2D eigenvalue weighted by Gasteiger charge is -2.20. The van der Waals surface area contributed by atoms with Crippen LogP contribution in [0.15, 0.2) is 42.7 Å². The van der Waals surface area contributed by atoms with E-state index >= 15 is 0 Å². The first kappa shape index (κ1) is 26.9. The Morgan fingerprint density at radius 2 is 1.73 bits per heavy atom. The van der Waals surface area contributed by atoms with Crippen LogP contribution in [-0.4, -0.2) is 71.9 Å². The molecule has 1 N–H and O–H groups in total. The fourth-order valence-corrected chi connectivity index (χ4v) is 4.55. The van der Waals surface area contributed by atoms with Crippen molar-refractivity contribution in [3.8, 4) is 22.9 Å². The van der Waals surface area contributed by atoms with E-state index in [-0.39, 0.29) is 12.5 Å². The predicted octanol–water partition coefficient (Wildman–Crippen LogP) is 4.30. The van der Waals surface area contributed by atoms with Crippen molar-refractivity contribution in [2.45, 2.75) is 13.0 Å². The Morgan fingerprint density at radius 3 is 2.38 bits per heavy atom. The highest BCUT2D eigenvalue weighted by molar-refractivity contribution is 7.85. The van der Waals surface area contributed by atoms with Crippen LogP contribution in [0, 0.1) is 0 Å². The summed E-state index contributed by atoms with van der Waals surface area (Å²) in [7, 11) is -3.68. The lowest BCUT2D eigenvalue weighted by Crippen LogP contribution is -2.34. The lowest BCUT2D eigenvalue weighted by atomic mass is 10.1. The van der Waals surface area contributed by atoms with Crippen molar-refractivity contribution in [1.29, 1.82) is 0 Å². The maximum atomic E-state index is 11.5. The molecule has 0 unspecified atom stereocenters. The summed E-state index contributed by atoms with van der Waals surface area (Å²) in [6.07, 6.45) is 3.66. The maximum absolute atomic E-state index is 11.5. The lowest BCUT2D eigenvalue weighted by molar-refractivity contribution is 0.148. The van der Waals surface area contributed by atoms with Gasteiger partial charge in [-0.25, -0.2) is 19.7 Å². The average molecular weight is 568 g/mol. The van der Waals surface area contributed by atoms with E-state index in [2.05, 4.69) is 15.0 Å². The normalized spacial score (nSPS) is 14.4. The second-order valence-corrected chi connectivity index (χ2v) is 10.8. The number of amides is 1. The zero-order chi connectivity index (χ0) is 26.6. The summed E-state index contributed by atoms with van der Waals surface area (Å²) in [6.45, 7) is 1.69. The SMILES string of the molecule is CS(=O)(=O)OCc1cc(Oc2cnc(N3CCCN(C(=O)O)CC3)nc2)nc(-c2cc(Cl)cc(Cl)c2)c1. The van der Waals surface area contributed by atoms with Gasteiger partial charge >= 0.3 is 6.09 Å². The molecule has 1 aromatic carbocycles. The Morgan fingerprint density at radius 1 is 1.03 bits per heavy atom. The number of benzene rings is 1. The van der Waals surface area contributed by atoms with Gasteiger partial charge < -0.3 is 19.6 Å². The van der Waals surface area contributed by atoms with Crippen molar-refractivity contribution in [1.82, 2.24) is 19.9 Å². The Balaban J connectivity index is 1.56. The molecule has 1 aliphatic rings. The molecule has 0 saturated carbocycles. The van der Waals surface area contributed by atoms with Crippen molar-refractivity contribution in [2.75, 3.05) is 37.3 Å². The first-order valence-electron chi connectivity index (χ1n) is 11.1. The molecule has 1 aliphatic heterocycles. The minimum absolute atomic E-state index is 0.156. The number of halogens is 2. The van der Waals surface area contributed by atoms with Crippen molar-refractivity contribution in [3.63, 3.8) is 0 Å². The molecular formula is C23H23Cl2N5O6S. The van der Waals surface area contributed by atoms with Crippen LogP contribution in [0.25, 0.3) is 11.3 Å². The van der Waals surface area contributed by atoms with Crippen molar-refractivity contribution < 1.29 is 27.2 Å². The Bertz CT molecular complexity index is 1370. The third-order valence-electron chi connectivity index (χ3n) is 5.35. The molecule has 2 aromatic heterocycles. The summed E-state index contributed by atoms with van der Waals surface area (Å²) in [4.78, 5) is 27.7. The topological polar surface area (TPSA) is 135 Å². The van der Waals surface area contributed by atoms with Crippen LogP contribution in [0.2, 0.25) is 10.0 Å². The summed E-state index contributed by atoms with van der Waals surface area (Å²) in [5.74, 6) is 0.913. The van der Waals surface area contributed by atoms with Crippen LogP contribution in [0.1, 0.15) is 12.0 Å². The van der Waals surface area contributed by atoms with Crippen LogP contribution < -0.4 is 9.64 Å². The number of hydrogen-bond donors (Lipinski definition) is 1. The molecule has 0 atom stereocenters. The van der Waals surface area contributed by atoms with Gasteiger partial charge in [-0.15, -0.1) is 0 Å². The molecule has 0 bridgehead atoms. The Labute approximate surface area is 223 Å². The summed E-state index contributed by atoms with van der Waals surface area (Å²) in [5.41, 5.74) is 1.54. The van der Waals surface area contributed by atoms with Gasteiger partial charge in [-0.2, -0.15) is 8.42 Å². The molecule has 11 nitrogen and oxygen atoms in total. The van der Waals surface area contributed by atoms with E-state index < -0.39 is 16.2 Å². The molecule has 196 valence electrons. The minimum Gasteiger partial charge on any atom is -0.465 e. The van der Waals surface area contributed by atoms with Gasteiger partial charge in [-0.3, -0.25) is 4.18 Å². The quantitative estimate of drug-likeness (QED) is 0.411. The van der Waals surface area contributed by atoms with Gasteiger partial charge in [0, 0.05) is 47.9 Å². The molecular weight excluding hydrogens is 545 g/mol. The van der Waals surface area contributed by atoms with Crippen molar-refractivity contribution in [2.24, 2.45) is 0 Å². The Kier molecular flexibility index (Phi) is 8.32. The zero-order valence-electron chi connectivity index (χ0n) is 19.7. The van der Waals surface area contributed by atoms with E-state index in [0.29, 0.717) is 71.2 Å². The highest BCUT2D eigenvalue weighted by atomic mass is 35.5. The Hall–Kier alpha value is -3.19. The smallest absolute Gasteiger partial charge is 0.407 e. The first-order chi connectivity index (χ1) is 17.6. The third kappa shape index (κ3) is 7.65. The van der Waals surface area contributed by atoms with E-state index in [1.54, 1.807) is 30.3 Å². The predicted molar refractivity (Wildman–Crippen MR) is 138 cm³/mol. The standard InChI is InChI=1S/C23H23Cl2N5O6S/c1-37(33,34)35-14-15-7-20(16-9-17(24)11-18(25)10-16)28-21(8-15)36-19-12-26-22(27-13-19)29-3-2-4-30(6-5-29)23(31)32/h7-13H,2-6,14H2,1H3,(H,31,32). The van der Waals surface area contributed by atoms with Crippen LogP contribution >= 0.6 is 23.2 Å². The number of hydrogen-bond acceptors (Lipinski definition) is 9. The number of pyridine rings is 1. The maximum Gasteiger partial charge on any atom is 0.407 e. The van der Waals surface area contributed by atoms with Gasteiger partial charge in [0.15, 0.2) is 5.75 Å². The number of nitrogens with zero attached hydrogens (tertiary/aromatic N) is 5. The number of carbonyl (C=O) groups is 1. The second kappa shape index (κ2) is 11.5. The molecule has 0 spiro atoms. The third-order valence-corrected chi connectivity index (χ3v) is 6.33. The minimum atomic E-state index is -3.68. The largest absolute Gasteiger partial charge is 0.465 e. The molecule has 1 saturated heterocycles. The molecule has 3 heterocycles. The molecule has 1 amide bonds. The molecule has 3 aromatic rings. The summed E-state index contributed by atoms with van der Waals surface area (Å²) in [5, 5.41) is 10.0. The van der Waals surface area contributed by atoms with E-state index in [1.807, 2.05) is 4.90 Å². The molecule has 37 heavy (non-hydrogen) atoms. The van der Waals surface area contributed by atoms with Crippen LogP contribution in [0.5, 0.6) is 11.6 Å². The fourth-order valence-electron chi connectivity index (χ4n) is 3.67. The van der Waals surface area contributed by atoms with Gasteiger partial charge in [0.25, 0.3) is 10.1 Å². The van der Waals surface area contributed by atoms with Crippen LogP contribution in [0.3, 0.4) is 0 Å². The van der Waals surface area contributed by atoms with Gasteiger partial charge in [-0.1, -0.05) is 23.2 Å². The van der Waals surface area contributed by atoms with Gasteiger partial charge in [0.2, 0.25) is 11.8 Å². The zero-order valence-corrected chi connectivity index (χ0v) is 22.0. The van der Waals surface area contributed by atoms with E-state index in [4.69, 9.17) is 32.1 Å². The van der Waals surface area contributed by atoms with Crippen LogP contribution in [0.4, 0.5) is 10.7 Å². The van der Waals surface area contributed by atoms with E-state index in [1.165, 1.54) is 17.3 Å². The van der Waals surface area contributed by atoms with E-state index in [0.717, 1.165) is 6.26 Å².